The molecule has 0 radical (unpaired) electrons. The molecule has 0 unspecified atom stereocenters. The highest BCUT2D eigenvalue weighted by Crippen LogP contribution is 2.32. The van der Waals surface area contributed by atoms with Crippen LogP contribution >= 0.6 is 23.7 Å². The van der Waals surface area contributed by atoms with Crippen LogP contribution < -0.4 is 4.90 Å². The van der Waals surface area contributed by atoms with E-state index in [-0.39, 0.29) is 30.3 Å². The van der Waals surface area contributed by atoms with E-state index in [1.54, 1.807) is 4.90 Å². The molecule has 4 rings (SSSR count). The third kappa shape index (κ3) is 5.23. The van der Waals surface area contributed by atoms with Gasteiger partial charge in [-0.1, -0.05) is 53.8 Å². The van der Waals surface area contributed by atoms with Crippen LogP contribution in [0.4, 0.5) is 13.9 Å². The molecule has 1 aromatic heterocycles. The molecule has 0 saturated carbocycles. The molecule has 32 heavy (non-hydrogen) atoms. The van der Waals surface area contributed by atoms with E-state index >= 15 is 0 Å². The lowest BCUT2D eigenvalue weighted by Gasteiger charge is -2.21. The van der Waals surface area contributed by atoms with Crippen molar-refractivity contribution in [1.29, 1.82) is 0 Å². The minimum absolute atomic E-state index is 0. The number of hydrogen-bond donors (Lipinski definition) is 0. The van der Waals surface area contributed by atoms with Gasteiger partial charge in [-0.3, -0.25) is 9.69 Å². The highest BCUT2D eigenvalue weighted by Gasteiger charge is 2.22. The summed E-state index contributed by atoms with van der Waals surface area (Å²) >= 11 is 1.14. The average Bonchev–Trinajstić information content (AvgIpc) is 3.15. The van der Waals surface area contributed by atoms with Crippen LogP contribution in [0.2, 0.25) is 0 Å². The van der Waals surface area contributed by atoms with Gasteiger partial charge in [0.2, 0.25) is 5.91 Å². The molecule has 1 amide bonds. The number of halogens is 3. The highest BCUT2D eigenvalue weighted by molar-refractivity contribution is 7.22. The molecular formula is C24H24ClF2N3OS. The molecule has 0 fully saturated rings. The van der Waals surface area contributed by atoms with E-state index in [1.165, 1.54) is 6.07 Å². The summed E-state index contributed by atoms with van der Waals surface area (Å²) in [5, 5.41) is 2.50. The van der Waals surface area contributed by atoms with E-state index in [9.17, 15) is 13.6 Å². The topological polar surface area (TPSA) is 36.4 Å². The normalized spacial score (nSPS) is 11.2. The SMILES string of the molecule is CN(C)CCCN(C(=O)Cc1cccc2ccccc12)c1nc2c(F)cc(F)cc2s1.Cl. The standard InChI is InChI=1S/C24H23F2N3OS.ClH/c1-28(2)11-6-12-29(24-27-23-20(26)14-18(25)15-21(23)31-24)22(30)13-17-9-5-8-16-7-3-4-10-19(16)17;/h3-5,7-10,14-15H,6,11-13H2,1-2H3;1H. The Bertz CT molecular complexity index is 1240. The number of fused-ring (bicyclic) bond motifs is 2. The van der Waals surface area contributed by atoms with Crippen molar-refractivity contribution in [2.75, 3.05) is 32.1 Å². The molecule has 0 aliphatic rings. The van der Waals surface area contributed by atoms with Gasteiger partial charge in [0.05, 0.1) is 11.1 Å². The Hall–Kier alpha value is -2.61. The smallest absolute Gasteiger partial charge is 0.233 e. The van der Waals surface area contributed by atoms with Crippen LogP contribution in [-0.2, 0) is 11.2 Å². The molecule has 4 nitrogen and oxygen atoms in total. The number of hydrogen-bond acceptors (Lipinski definition) is 4. The Morgan fingerprint density at radius 2 is 1.78 bits per heavy atom. The number of amides is 1. The maximum Gasteiger partial charge on any atom is 0.233 e. The van der Waals surface area contributed by atoms with E-state index in [0.717, 1.165) is 46.7 Å². The third-order valence-corrected chi connectivity index (χ3v) is 6.17. The third-order valence-electron chi connectivity index (χ3n) is 5.14. The molecule has 0 N–H and O–H groups in total. The number of aromatic nitrogens is 1. The number of anilines is 1. The van der Waals surface area contributed by atoms with Gasteiger partial charge in [-0.25, -0.2) is 13.8 Å². The first-order valence-electron chi connectivity index (χ1n) is 10.1. The minimum Gasteiger partial charge on any atom is -0.309 e. The Morgan fingerprint density at radius 3 is 2.56 bits per heavy atom. The van der Waals surface area contributed by atoms with Crippen LogP contribution in [0, 0.1) is 11.6 Å². The first-order valence-corrected chi connectivity index (χ1v) is 10.9. The number of carbonyl (C=O) groups is 1. The lowest BCUT2D eigenvalue weighted by atomic mass is 10.0. The van der Waals surface area contributed by atoms with Crippen molar-refractivity contribution in [2.45, 2.75) is 12.8 Å². The van der Waals surface area contributed by atoms with Crippen LogP contribution in [0.25, 0.3) is 21.0 Å². The summed E-state index contributed by atoms with van der Waals surface area (Å²) in [4.78, 5) is 21.4. The van der Waals surface area contributed by atoms with E-state index in [0.29, 0.717) is 16.4 Å². The molecule has 0 atom stereocenters. The van der Waals surface area contributed by atoms with E-state index in [4.69, 9.17) is 0 Å². The average molecular weight is 476 g/mol. The summed E-state index contributed by atoms with van der Waals surface area (Å²) in [7, 11) is 3.94. The van der Waals surface area contributed by atoms with Crippen LogP contribution in [0.1, 0.15) is 12.0 Å². The van der Waals surface area contributed by atoms with Crippen LogP contribution in [-0.4, -0.2) is 43.0 Å². The van der Waals surface area contributed by atoms with Gasteiger partial charge in [0.25, 0.3) is 0 Å². The summed E-state index contributed by atoms with van der Waals surface area (Å²) in [5.41, 5.74) is 1.02. The molecule has 3 aromatic carbocycles. The number of carbonyl (C=O) groups excluding carboxylic acids is 1. The number of thiazole rings is 1. The van der Waals surface area contributed by atoms with E-state index in [2.05, 4.69) is 4.98 Å². The number of nitrogens with zero attached hydrogens (tertiary/aromatic N) is 3. The van der Waals surface area contributed by atoms with Gasteiger partial charge in [-0.05, 0) is 49.5 Å². The van der Waals surface area contributed by atoms with Gasteiger partial charge in [-0.2, -0.15) is 0 Å². The summed E-state index contributed by atoms with van der Waals surface area (Å²) in [6.07, 6.45) is 0.942. The van der Waals surface area contributed by atoms with Crippen molar-refractivity contribution in [1.82, 2.24) is 9.88 Å². The van der Waals surface area contributed by atoms with Gasteiger partial charge in [0.1, 0.15) is 11.3 Å². The summed E-state index contributed by atoms with van der Waals surface area (Å²) < 4.78 is 28.2. The number of benzene rings is 3. The molecule has 0 spiro atoms. The lowest BCUT2D eigenvalue weighted by Crippen LogP contribution is -2.34. The second-order valence-electron chi connectivity index (χ2n) is 7.75. The van der Waals surface area contributed by atoms with E-state index < -0.39 is 11.6 Å². The lowest BCUT2D eigenvalue weighted by molar-refractivity contribution is -0.118. The minimum atomic E-state index is -0.716. The Balaban J connectivity index is 0.00000289. The fourth-order valence-electron chi connectivity index (χ4n) is 3.64. The molecular weight excluding hydrogens is 452 g/mol. The zero-order valence-electron chi connectivity index (χ0n) is 17.8. The quantitative estimate of drug-likeness (QED) is 0.345. The predicted molar refractivity (Wildman–Crippen MR) is 130 cm³/mol. The van der Waals surface area contributed by atoms with Crippen molar-refractivity contribution < 1.29 is 13.6 Å². The summed E-state index contributed by atoms with van der Waals surface area (Å²) in [6.45, 7) is 1.25. The molecule has 8 heteroatoms. The Kier molecular flexibility index (Phi) is 7.77. The Labute approximate surface area is 195 Å². The molecule has 1 heterocycles. The van der Waals surface area contributed by atoms with Crippen LogP contribution in [0.3, 0.4) is 0 Å². The fraction of sp³-hybridized carbons (Fsp3) is 0.250. The van der Waals surface area contributed by atoms with Gasteiger partial charge in [0, 0.05) is 12.6 Å². The maximum atomic E-state index is 14.2. The predicted octanol–water partition coefficient (Wildman–Crippen LogP) is 5.68. The Morgan fingerprint density at radius 1 is 1.03 bits per heavy atom. The fourth-order valence-corrected chi connectivity index (χ4v) is 4.69. The second-order valence-corrected chi connectivity index (χ2v) is 8.76. The van der Waals surface area contributed by atoms with Crippen molar-refractivity contribution in [3.05, 3.63) is 71.8 Å². The van der Waals surface area contributed by atoms with Crippen LogP contribution in [0.15, 0.2) is 54.6 Å². The van der Waals surface area contributed by atoms with Gasteiger partial charge in [-0.15, -0.1) is 12.4 Å². The molecule has 0 aliphatic heterocycles. The van der Waals surface area contributed by atoms with Gasteiger partial charge < -0.3 is 4.90 Å². The van der Waals surface area contributed by atoms with Crippen molar-refractivity contribution in [3.8, 4) is 0 Å². The molecule has 0 saturated heterocycles. The van der Waals surface area contributed by atoms with Crippen LogP contribution in [0.5, 0.6) is 0 Å². The molecule has 4 aromatic rings. The van der Waals surface area contributed by atoms with Gasteiger partial charge in [0.15, 0.2) is 10.9 Å². The second kappa shape index (κ2) is 10.3. The highest BCUT2D eigenvalue weighted by atomic mass is 35.5. The van der Waals surface area contributed by atoms with Gasteiger partial charge >= 0.3 is 0 Å². The summed E-state index contributed by atoms with van der Waals surface area (Å²) in [5.74, 6) is -1.48. The van der Waals surface area contributed by atoms with E-state index in [1.807, 2.05) is 61.5 Å². The first kappa shape index (κ1) is 24.0. The van der Waals surface area contributed by atoms with Crippen molar-refractivity contribution >= 4 is 55.8 Å². The zero-order valence-corrected chi connectivity index (χ0v) is 19.5. The maximum absolute atomic E-state index is 14.2. The molecule has 0 aliphatic carbocycles. The molecule has 0 bridgehead atoms. The monoisotopic (exact) mass is 475 g/mol. The van der Waals surface area contributed by atoms with Crippen molar-refractivity contribution in [2.24, 2.45) is 0 Å². The largest absolute Gasteiger partial charge is 0.309 e. The summed E-state index contributed by atoms with van der Waals surface area (Å²) in [6, 6.07) is 15.9. The number of rotatable bonds is 7. The first-order chi connectivity index (χ1) is 14.9. The zero-order chi connectivity index (χ0) is 22.0. The molecule has 168 valence electrons. The van der Waals surface area contributed by atoms with Crippen molar-refractivity contribution in [3.63, 3.8) is 0 Å².